The van der Waals surface area contributed by atoms with Crippen molar-refractivity contribution in [3.05, 3.63) is 64.0 Å². The van der Waals surface area contributed by atoms with Crippen LogP contribution in [0.4, 0.5) is 0 Å². The molecule has 4 rings (SSSR count). The highest BCUT2D eigenvalue weighted by Crippen LogP contribution is 2.31. The Bertz CT molecular complexity index is 1140. The van der Waals surface area contributed by atoms with Crippen molar-refractivity contribution >= 4 is 18.1 Å². The van der Waals surface area contributed by atoms with E-state index in [4.69, 9.17) is 15.6 Å². The molecule has 25 heavy (non-hydrogen) atoms. The average Bonchev–Trinajstić information content (AvgIpc) is 2.59. The van der Waals surface area contributed by atoms with E-state index in [9.17, 15) is 9.90 Å². The molecule has 1 aromatic carbocycles. The van der Waals surface area contributed by atoms with Crippen LogP contribution in [0.15, 0.2) is 46.9 Å². The minimum Gasteiger partial charge on any atom is -0.478 e. The van der Waals surface area contributed by atoms with Crippen LogP contribution in [-0.2, 0) is 0 Å². The summed E-state index contributed by atoms with van der Waals surface area (Å²) in [5, 5.41) is 18.6. The van der Waals surface area contributed by atoms with E-state index < -0.39 is 5.97 Å². The molecular weight excluding hydrogens is 316 g/mol. The van der Waals surface area contributed by atoms with Crippen molar-refractivity contribution in [3.63, 3.8) is 0 Å². The number of carbonyl (C=O) groups is 1. The van der Waals surface area contributed by atoms with E-state index >= 15 is 0 Å². The number of rotatable bonds is 2. The van der Waals surface area contributed by atoms with E-state index in [1.54, 1.807) is 36.4 Å². The Kier molecular flexibility index (Phi) is 3.51. The Labute approximate surface area is 143 Å². The summed E-state index contributed by atoms with van der Waals surface area (Å²) in [4.78, 5) is 11.7. The smallest absolute Gasteiger partial charge is 0.336 e. The number of carboxylic acids is 1. The molecule has 5 heteroatoms. The molecule has 0 spiro atoms. The van der Waals surface area contributed by atoms with Gasteiger partial charge < -0.3 is 20.7 Å². The molecule has 0 saturated heterocycles. The van der Waals surface area contributed by atoms with Crippen LogP contribution in [0.5, 0.6) is 0 Å². The van der Waals surface area contributed by atoms with Crippen molar-refractivity contribution in [2.75, 3.05) is 0 Å². The van der Waals surface area contributed by atoms with Gasteiger partial charge >= 0.3 is 5.97 Å². The van der Waals surface area contributed by atoms with Crippen LogP contribution >= 0.6 is 0 Å². The van der Waals surface area contributed by atoms with Crippen molar-refractivity contribution in [2.24, 2.45) is 5.73 Å². The number of fused-ring (bicyclic) bond motifs is 2. The zero-order valence-electron chi connectivity index (χ0n) is 13.3. The van der Waals surface area contributed by atoms with E-state index in [2.05, 4.69) is 0 Å². The first-order valence-corrected chi connectivity index (χ1v) is 7.96. The topological polar surface area (TPSA) is 100 Å². The van der Waals surface area contributed by atoms with Gasteiger partial charge in [0.2, 0.25) is 0 Å². The largest absolute Gasteiger partial charge is 0.478 e. The summed E-state index contributed by atoms with van der Waals surface area (Å²) in [5.41, 5.74) is 9.08. The minimum atomic E-state index is -0.980. The van der Waals surface area contributed by atoms with Crippen LogP contribution < -0.4 is 21.7 Å². The molecule has 1 heterocycles. The van der Waals surface area contributed by atoms with Gasteiger partial charge in [-0.25, -0.2) is 4.79 Å². The molecule has 5 nitrogen and oxygen atoms in total. The Morgan fingerprint density at radius 1 is 1.20 bits per heavy atom. The zero-order chi connectivity index (χ0) is 17.6. The van der Waals surface area contributed by atoms with Crippen LogP contribution in [0.25, 0.3) is 34.6 Å². The van der Waals surface area contributed by atoms with Crippen molar-refractivity contribution in [3.8, 4) is 22.5 Å². The fourth-order valence-electron chi connectivity index (χ4n) is 3.28. The molecular formula is C20H16N2O3. The van der Waals surface area contributed by atoms with Crippen LogP contribution in [0.3, 0.4) is 0 Å². The SMILES string of the molecule is N=c1ccc2c(-c3ccccc3C(=O)O)c3c(oc-2c1)=CC(N)CC=3. The van der Waals surface area contributed by atoms with Crippen molar-refractivity contribution < 1.29 is 14.3 Å². The van der Waals surface area contributed by atoms with Gasteiger partial charge in [0, 0.05) is 28.5 Å². The molecule has 1 aliphatic heterocycles. The number of hydrogen-bond acceptors (Lipinski definition) is 4. The van der Waals surface area contributed by atoms with E-state index in [0.29, 0.717) is 28.5 Å². The lowest BCUT2D eigenvalue weighted by atomic mass is 9.90. The van der Waals surface area contributed by atoms with E-state index in [-0.39, 0.29) is 11.6 Å². The Hall–Kier alpha value is -3.18. The summed E-state index contributed by atoms with van der Waals surface area (Å²) in [6.45, 7) is 0. The van der Waals surface area contributed by atoms with E-state index in [0.717, 1.165) is 16.3 Å². The van der Waals surface area contributed by atoms with Crippen molar-refractivity contribution in [1.29, 1.82) is 5.41 Å². The monoisotopic (exact) mass is 332 g/mol. The predicted octanol–water partition coefficient (Wildman–Crippen LogP) is 1.52. The lowest BCUT2D eigenvalue weighted by Gasteiger charge is -2.17. The highest BCUT2D eigenvalue weighted by atomic mass is 16.4. The summed E-state index contributed by atoms with van der Waals surface area (Å²) in [7, 11) is 0. The van der Waals surface area contributed by atoms with E-state index in [1.165, 1.54) is 0 Å². The summed E-state index contributed by atoms with van der Waals surface area (Å²) < 4.78 is 5.96. The molecule has 0 bridgehead atoms. The van der Waals surface area contributed by atoms with Gasteiger partial charge in [-0.05, 0) is 36.3 Å². The maximum Gasteiger partial charge on any atom is 0.336 e. The molecule has 4 N–H and O–H groups in total. The van der Waals surface area contributed by atoms with Crippen LogP contribution in [0, 0.1) is 5.41 Å². The summed E-state index contributed by atoms with van der Waals surface area (Å²) in [6.07, 6.45) is 4.50. The fourth-order valence-corrected chi connectivity index (χ4v) is 3.28. The Morgan fingerprint density at radius 2 is 2.00 bits per heavy atom. The predicted molar refractivity (Wildman–Crippen MR) is 94.4 cm³/mol. The fraction of sp³-hybridized carbons (Fsp3) is 0.100. The Balaban J connectivity index is 2.21. The molecule has 0 amide bonds. The van der Waals surface area contributed by atoms with Crippen LogP contribution in [0.2, 0.25) is 0 Å². The third-order valence-corrected chi connectivity index (χ3v) is 4.39. The van der Waals surface area contributed by atoms with Gasteiger partial charge in [-0.2, -0.15) is 0 Å². The summed E-state index contributed by atoms with van der Waals surface area (Å²) >= 11 is 0. The Morgan fingerprint density at radius 3 is 2.80 bits per heavy atom. The number of nitrogens with one attached hydrogen (secondary N) is 1. The van der Waals surface area contributed by atoms with Gasteiger partial charge in [-0.15, -0.1) is 0 Å². The first kappa shape index (κ1) is 15.4. The molecule has 0 saturated carbocycles. The average molecular weight is 332 g/mol. The lowest BCUT2D eigenvalue weighted by molar-refractivity contribution is 0.0697. The first-order chi connectivity index (χ1) is 12.0. The minimum absolute atomic E-state index is 0.143. The van der Waals surface area contributed by atoms with Crippen LogP contribution in [-0.4, -0.2) is 17.1 Å². The maximum absolute atomic E-state index is 11.7. The molecule has 1 unspecified atom stereocenters. The number of aromatic carboxylic acids is 1. The second-order valence-electron chi connectivity index (χ2n) is 6.09. The van der Waals surface area contributed by atoms with Gasteiger partial charge in [0.15, 0.2) is 0 Å². The van der Waals surface area contributed by atoms with E-state index in [1.807, 2.05) is 18.2 Å². The van der Waals surface area contributed by atoms with Crippen molar-refractivity contribution in [2.45, 2.75) is 12.5 Å². The van der Waals surface area contributed by atoms with Gasteiger partial charge in [0.25, 0.3) is 0 Å². The number of carboxylic acid groups (broad SMARTS) is 1. The standard InChI is InChI=1S/C20H16N2O3/c21-11-5-7-15-17(9-11)25-18-10-12(22)6-8-16(18)19(15)13-3-1-2-4-14(13)20(23)24/h1-5,7-10,12,21H,6,22H2,(H,23,24). The second kappa shape index (κ2) is 5.72. The van der Waals surface area contributed by atoms with Gasteiger partial charge in [0.05, 0.1) is 10.9 Å². The molecule has 124 valence electrons. The summed E-state index contributed by atoms with van der Waals surface area (Å²) in [6, 6.07) is 11.9. The first-order valence-electron chi connectivity index (χ1n) is 7.96. The number of nitrogens with two attached hydrogens (primary N) is 1. The number of hydrogen-bond donors (Lipinski definition) is 3. The van der Waals surface area contributed by atoms with Gasteiger partial charge in [-0.1, -0.05) is 24.3 Å². The normalized spacial score (nSPS) is 16.0. The molecule has 0 fully saturated rings. The molecule has 1 atom stereocenters. The summed E-state index contributed by atoms with van der Waals surface area (Å²) in [5.74, 6) is -0.438. The third-order valence-electron chi connectivity index (χ3n) is 4.39. The maximum atomic E-state index is 11.7. The van der Waals surface area contributed by atoms with Crippen LogP contribution in [0.1, 0.15) is 16.8 Å². The lowest BCUT2D eigenvalue weighted by Crippen LogP contribution is -2.36. The quantitative estimate of drug-likeness (QED) is 0.662. The molecule has 0 radical (unpaired) electrons. The molecule has 2 aliphatic carbocycles. The highest BCUT2D eigenvalue weighted by Gasteiger charge is 2.21. The molecule has 1 aromatic rings. The molecule has 0 aromatic heterocycles. The van der Waals surface area contributed by atoms with Gasteiger partial charge in [0.1, 0.15) is 11.2 Å². The van der Waals surface area contributed by atoms with Crippen molar-refractivity contribution in [1.82, 2.24) is 0 Å². The third kappa shape index (κ3) is 2.55. The second-order valence-corrected chi connectivity index (χ2v) is 6.09. The molecule has 3 aliphatic rings. The highest BCUT2D eigenvalue weighted by molar-refractivity contribution is 5.98. The zero-order valence-corrected chi connectivity index (χ0v) is 13.3. The number of benzene rings is 2. The van der Waals surface area contributed by atoms with Gasteiger partial charge in [-0.3, -0.25) is 0 Å².